The van der Waals surface area contributed by atoms with Crippen LogP contribution in [0.1, 0.15) is 11.3 Å². The number of hydrogen-bond acceptors (Lipinski definition) is 3. The normalized spacial score (nSPS) is 11.0. The van der Waals surface area contributed by atoms with Crippen LogP contribution in [0.2, 0.25) is 0 Å². The molecule has 0 atom stereocenters. The third kappa shape index (κ3) is 5.80. The molecule has 1 aromatic carbocycles. The first-order chi connectivity index (χ1) is 12.7. The SMILES string of the molecule is Br.CN=C(NC)N/N=C/c1ccc(OCc2c[n+]3ccccc3n2C)cc1.[Br-]. The zero-order valence-electron chi connectivity index (χ0n) is 16.0. The lowest BCUT2D eigenvalue weighted by Gasteiger charge is -2.05. The van der Waals surface area contributed by atoms with Crippen molar-refractivity contribution in [2.75, 3.05) is 14.1 Å². The molecule has 3 aromatic rings. The van der Waals surface area contributed by atoms with Crippen molar-refractivity contribution in [3.8, 4) is 5.75 Å². The van der Waals surface area contributed by atoms with Crippen LogP contribution in [0.25, 0.3) is 5.65 Å². The Bertz CT molecular complexity index is 937. The standard InChI is InChI=1S/C19H23N6O.2BrH/c1-20-19(21-2)23-22-12-15-7-9-17(10-8-15)26-14-16-13-25-11-5-4-6-18(25)24(16)3;;/h4-13H,14H2,1-3H3,(H2,20,21,23);2*1H/q+1;;/p-1/b22-12+;;. The van der Waals surface area contributed by atoms with Gasteiger partial charge in [-0.15, -0.1) is 17.0 Å². The summed E-state index contributed by atoms with van der Waals surface area (Å²) >= 11 is 0. The molecule has 0 bridgehead atoms. The first-order valence-corrected chi connectivity index (χ1v) is 8.32. The van der Waals surface area contributed by atoms with Crippen molar-refractivity contribution in [3.63, 3.8) is 0 Å². The number of hydrogen-bond donors (Lipinski definition) is 2. The number of halogens is 2. The van der Waals surface area contributed by atoms with Gasteiger partial charge in [-0.2, -0.15) is 5.10 Å². The van der Waals surface area contributed by atoms with Crippen molar-refractivity contribution in [1.82, 2.24) is 15.3 Å². The zero-order valence-corrected chi connectivity index (χ0v) is 19.3. The maximum absolute atomic E-state index is 5.91. The van der Waals surface area contributed by atoms with Gasteiger partial charge in [0.05, 0.1) is 19.5 Å². The van der Waals surface area contributed by atoms with Crippen LogP contribution < -0.4 is 36.9 Å². The Balaban J connectivity index is 0.00000196. The van der Waals surface area contributed by atoms with Gasteiger partial charge in [0, 0.05) is 20.2 Å². The molecule has 9 heteroatoms. The summed E-state index contributed by atoms with van der Waals surface area (Å²) in [6.45, 7) is 0.506. The Kier molecular flexibility index (Phi) is 9.67. The molecule has 0 aliphatic rings. The van der Waals surface area contributed by atoms with Crippen LogP contribution >= 0.6 is 17.0 Å². The fourth-order valence-electron chi connectivity index (χ4n) is 2.56. The first-order valence-electron chi connectivity index (χ1n) is 8.32. The van der Waals surface area contributed by atoms with Crippen LogP contribution in [-0.2, 0) is 13.7 Å². The monoisotopic (exact) mass is 510 g/mol. The number of ether oxygens (including phenoxy) is 1. The zero-order chi connectivity index (χ0) is 18.4. The maximum Gasteiger partial charge on any atom is 0.286 e. The van der Waals surface area contributed by atoms with Crippen LogP contribution in [0.4, 0.5) is 0 Å². The molecule has 28 heavy (non-hydrogen) atoms. The molecule has 0 saturated carbocycles. The molecule has 2 aromatic heterocycles. The van der Waals surface area contributed by atoms with Gasteiger partial charge >= 0.3 is 0 Å². The maximum atomic E-state index is 5.91. The van der Waals surface area contributed by atoms with E-state index in [0.29, 0.717) is 12.6 Å². The number of nitrogens with zero attached hydrogens (tertiary/aromatic N) is 4. The van der Waals surface area contributed by atoms with E-state index in [2.05, 4.69) is 42.1 Å². The second-order valence-electron chi connectivity index (χ2n) is 5.70. The van der Waals surface area contributed by atoms with E-state index in [-0.39, 0.29) is 34.0 Å². The Morgan fingerprint density at radius 3 is 2.61 bits per heavy atom. The summed E-state index contributed by atoms with van der Waals surface area (Å²) < 4.78 is 10.1. The Morgan fingerprint density at radius 1 is 1.21 bits per heavy atom. The van der Waals surface area contributed by atoms with Gasteiger partial charge in [-0.25, -0.2) is 14.4 Å². The summed E-state index contributed by atoms with van der Waals surface area (Å²) in [5.41, 5.74) is 6.02. The predicted octanol–water partition coefficient (Wildman–Crippen LogP) is -0.947. The molecular weight excluding hydrogens is 488 g/mol. The average Bonchev–Trinajstić information content (AvgIpc) is 3.01. The number of nitrogens with one attached hydrogen (secondary N) is 2. The molecular formula is C19H24Br2N6O. The molecule has 0 amide bonds. The summed E-state index contributed by atoms with van der Waals surface area (Å²) in [6.07, 6.45) is 5.84. The largest absolute Gasteiger partial charge is 1.00 e. The number of imidazole rings is 1. The molecule has 0 unspecified atom stereocenters. The van der Waals surface area contributed by atoms with E-state index in [1.54, 1.807) is 20.3 Å². The van der Waals surface area contributed by atoms with E-state index in [1.165, 1.54) is 0 Å². The van der Waals surface area contributed by atoms with Crippen LogP contribution in [-0.4, -0.2) is 30.8 Å². The highest BCUT2D eigenvalue weighted by atomic mass is 79.9. The van der Waals surface area contributed by atoms with E-state index in [4.69, 9.17) is 4.74 Å². The highest BCUT2D eigenvalue weighted by molar-refractivity contribution is 8.93. The van der Waals surface area contributed by atoms with Gasteiger partial charge in [-0.3, -0.25) is 4.99 Å². The van der Waals surface area contributed by atoms with Crippen molar-refractivity contribution in [1.29, 1.82) is 0 Å². The summed E-state index contributed by atoms with van der Waals surface area (Å²) in [4.78, 5) is 3.98. The number of hydrazone groups is 1. The Labute approximate surface area is 185 Å². The minimum Gasteiger partial charge on any atom is -1.00 e. The number of guanidine groups is 1. The molecule has 2 heterocycles. The lowest BCUT2D eigenvalue weighted by Crippen LogP contribution is -3.00. The number of aromatic nitrogens is 2. The molecule has 0 aliphatic heterocycles. The highest BCUT2D eigenvalue weighted by Crippen LogP contribution is 2.14. The molecule has 150 valence electrons. The van der Waals surface area contributed by atoms with Gasteiger partial charge in [-0.05, 0) is 35.9 Å². The summed E-state index contributed by atoms with van der Waals surface area (Å²) in [7, 11) is 5.51. The number of pyridine rings is 1. The molecule has 0 spiro atoms. The van der Waals surface area contributed by atoms with Crippen molar-refractivity contribution >= 4 is 34.8 Å². The number of aliphatic imine (C=N–C) groups is 1. The van der Waals surface area contributed by atoms with Crippen molar-refractivity contribution in [2.24, 2.45) is 17.1 Å². The predicted molar refractivity (Wildman–Crippen MR) is 113 cm³/mol. The molecule has 0 aliphatic carbocycles. The smallest absolute Gasteiger partial charge is 0.286 e. The van der Waals surface area contributed by atoms with E-state index in [1.807, 2.05) is 49.6 Å². The third-order valence-corrected chi connectivity index (χ3v) is 4.04. The minimum atomic E-state index is 0. The number of fused-ring (bicyclic) bond motifs is 1. The number of benzene rings is 1. The molecule has 7 nitrogen and oxygen atoms in total. The lowest BCUT2D eigenvalue weighted by molar-refractivity contribution is -0.511. The van der Waals surface area contributed by atoms with E-state index in [0.717, 1.165) is 22.7 Å². The van der Waals surface area contributed by atoms with Gasteiger partial charge in [0.2, 0.25) is 5.96 Å². The van der Waals surface area contributed by atoms with E-state index in [9.17, 15) is 0 Å². The second kappa shape index (κ2) is 11.5. The van der Waals surface area contributed by atoms with Crippen LogP contribution in [0.15, 0.2) is 65.0 Å². The quantitative estimate of drug-likeness (QED) is 0.201. The fraction of sp³-hybridized carbons (Fsp3) is 0.211. The number of aryl methyl sites for hydroxylation is 1. The van der Waals surface area contributed by atoms with Gasteiger partial charge < -0.3 is 27.0 Å². The lowest BCUT2D eigenvalue weighted by atomic mass is 10.2. The summed E-state index contributed by atoms with van der Waals surface area (Å²) in [5, 5.41) is 7.02. The van der Waals surface area contributed by atoms with Crippen molar-refractivity contribution in [3.05, 3.63) is 66.1 Å². The highest BCUT2D eigenvalue weighted by Gasteiger charge is 2.13. The molecule has 2 N–H and O–H groups in total. The summed E-state index contributed by atoms with van der Waals surface area (Å²) in [6, 6.07) is 13.9. The van der Waals surface area contributed by atoms with Crippen LogP contribution in [0, 0.1) is 0 Å². The van der Waals surface area contributed by atoms with Gasteiger partial charge in [0.15, 0.2) is 12.3 Å². The Hall–Kier alpha value is -2.39. The fourth-order valence-corrected chi connectivity index (χ4v) is 2.56. The summed E-state index contributed by atoms with van der Waals surface area (Å²) in [5.74, 6) is 1.42. The van der Waals surface area contributed by atoms with Gasteiger partial charge in [-0.1, -0.05) is 6.07 Å². The van der Waals surface area contributed by atoms with Gasteiger partial charge in [0.1, 0.15) is 11.9 Å². The Morgan fingerprint density at radius 2 is 1.96 bits per heavy atom. The molecule has 3 rings (SSSR count). The van der Waals surface area contributed by atoms with Crippen LogP contribution in [0.3, 0.4) is 0 Å². The van der Waals surface area contributed by atoms with Crippen molar-refractivity contribution in [2.45, 2.75) is 6.61 Å². The van der Waals surface area contributed by atoms with E-state index < -0.39 is 0 Å². The second-order valence-corrected chi connectivity index (χ2v) is 5.70. The average molecular weight is 512 g/mol. The molecule has 0 fully saturated rings. The van der Waals surface area contributed by atoms with Crippen molar-refractivity contribution < 1.29 is 26.1 Å². The molecule has 0 radical (unpaired) electrons. The van der Waals surface area contributed by atoms with Gasteiger partial charge in [0.25, 0.3) is 5.65 Å². The first kappa shape index (κ1) is 23.6. The third-order valence-electron chi connectivity index (χ3n) is 4.04. The minimum absolute atomic E-state index is 0. The topological polar surface area (TPSA) is 67.0 Å². The molecule has 0 saturated heterocycles. The van der Waals surface area contributed by atoms with Crippen LogP contribution in [0.5, 0.6) is 5.75 Å². The van der Waals surface area contributed by atoms with E-state index >= 15 is 0 Å². The number of rotatable bonds is 5.